The van der Waals surface area contributed by atoms with E-state index in [4.69, 9.17) is 23.7 Å². The SMILES string of the molecule is CC(F)(F)COc1ccc(-c2cc(OCC3COCCO3)cc(C3CO3)c2)cc1. The molecule has 5 nitrogen and oxygen atoms in total. The van der Waals surface area contributed by atoms with Gasteiger partial charge in [-0.1, -0.05) is 12.1 Å². The predicted octanol–water partition coefficient (Wildman–Crippen LogP) is 4.25. The van der Waals surface area contributed by atoms with Crippen molar-refractivity contribution in [3.05, 3.63) is 48.0 Å². The molecule has 0 amide bonds. The maximum atomic E-state index is 13.0. The quantitative estimate of drug-likeness (QED) is 0.614. The van der Waals surface area contributed by atoms with Gasteiger partial charge in [0, 0.05) is 6.92 Å². The smallest absolute Gasteiger partial charge is 0.278 e. The third-order valence-corrected chi connectivity index (χ3v) is 4.63. The Morgan fingerprint density at radius 2 is 1.72 bits per heavy atom. The Morgan fingerprint density at radius 1 is 0.931 bits per heavy atom. The summed E-state index contributed by atoms with van der Waals surface area (Å²) in [5, 5.41) is 0. The fourth-order valence-corrected chi connectivity index (χ4v) is 3.07. The largest absolute Gasteiger partial charge is 0.491 e. The molecule has 0 aromatic heterocycles. The van der Waals surface area contributed by atoms with E-state index in [0.717, 1.165) is 29.4 Å². The molecule has 7 heteroatoms. The van der Waals surface area contributed by atoms with Gasteiger partial charge in [0.15, 0.2) is 6.61 Å². The highest BCUT2D eigenvalue weighted by Crippen LogP contribution is 2.36. The number of alkyl halides is 2. The van der Waals surface area contributed by atoms with Crippen molar-refractivity contribution < 1.29 is 32.5 Å². The van der Waals surface area contributed by atoms with Gasteiger partial charge in [-0.05, 0) is 47.0 Å². The highest BCUT2D eigenvalue weighted by molar-refractivity contribution is 5.67. The number of ether oxygens (including phenoxy) is 5. The van der Waals surface area contributed by atoms with Gasteiger partial charge in [0.2, 0.25) is 0 Å². The van der Waals surface area contributed by atoms with Crippen molar-refractivity contribution in [1.29, 1.82) is 0 Å². The lowest BCUT2D eigenvalue weighted by Crippen LogP contribution is -2.33. The molecule has 156 valence electrons. The van der Waals surface area contributed by atoms with Crippen LogP contribution in [0.3, 0.4) is 0 Å². The first-order valence-electron chi connectivity index (χ1n) is 9.66. The van der Waals surface area contributed by atoms with Crippen LogP contribution < -0.4 is 9.47 Å². The highest BCUT2D eigenvalue weighted by Gasteiger charge is 2.26. The minimum absolute atomic E-state index is 0.0823. The first-order valence-corrected chi connectivity index (χ1v) is 9.66. The van der Waals surface area contributed by atoms with E-state index in [9.17, 15) is 8.78 Å². The lowest BCUT2D eigenvalue weighted by atomic mass is 10.0. The lowest BCUT2D eigenvalue weighted by Gasteiger charge is -2.23. The van der Waals surface area contributed by atoms with Crippen LogP contribution in [0.1, 0.15) is 18.6 Å². The molecule has 29 heavy (non-hydrogen) atoms. The van der Waals surface area contributed by atoms with E-state index in [-0.39, 0.29) is 12.2 Å². The molecule has 2 aromatic carbocycles. The molecule has 2 aromatic rings. The molecule has 0 bridgehead atoms. The Labute approximate surface area is 168 Å². The van der Waals surface area contributed by atoms with Gasteiger partial charge in [-0.3, -0.25) is 0 Å². The van der Waals surface area contributed by atoms with E-state index in [2.05, 4.69) is 6.07 Å². The molecule has 2 heterocycles. The summed E-state index contributed by atoms with van der Waals surface area (Å²) in [7, 11) is 0. The van der Waals surface area contributed by atoms with Crippen LogP contribution in [0.5, 0.6) is 11.5 Å². The highest BCUT2D eigenvalue weighted by atomic mass is 19.3. The van der Waals surface area contributed by atoms with Crippen molar-refractivity contribution in [2.45, 2.75) is 25.1 Å². The second kappa shape index (κ2) is 8.65. The zero-order chi connectivity index (χ0) is 20.3. The number of epoxide rings is 1. The summed E-state index contributed by atoms with van der Waals surface area (Å²) >= 11 is 0. The molecule has 0 spiro atoms. The maximum Gasteiger partial charge on any atom is 0.278 e. The van der Waals surface area contributed by atoms with Crippen molar-refractivity contribution in [1.82, 2.24) is 0 Å². The van der Waals surface area contributed by atoms with Crippen molar-refractivity contribution in [3.63, 3.8) is 0 Å². The molecular formula is C22H24F2O5. The summed E-state index contributed by atoms with van der Waals surface area (Å²) in [5.41, 5.74) is 2.94. The minimum atomic E-state index is -2.86. The van der Waals surface area contributed by atoms with E-state index in [1.54, 1.807) is 12.1 Å². The van der Waals surface area contributed by atoms with Crippen molar-refractivity contribution >= 4 is 0 Å². The lowest BCUT2D eigenvalue weighted by molar-refractivity contribution is -0.101. The molecule has 2 aliphatic rings. The zero-order valence-corrected chi connectivity index (χ0v) is 16.2. The van der Waals surface area contributed by atoms with Crippen molar-refractivity contribution in [3.8, 4) is 22.6 Å². The average molecular weight is 406 g/mol. The second-order valence-corrected chi connectivity index (χ2v) is 7.37. The molecule has 0 aliphatic carbocycles. The van der Waals surface area contributed by atoms with Gasteiger partial charge < -0.3 is 23.7 Å². The fraction of sp³-hybridized carbons (Fsp3) is 0.455. The molecule has 2 saturated heterocycles. The van der Waals surface area contributed by atoms with Crippen LogP contribution in [0.25, 0.3) is 11.1 Å². The van der Waals surface area contributed by atoms with Crippen LogP contribution in [0.4, 0.5) is 8.78 Å². The molecule has 0 saturated carbocycles. The van der Waals surface area contributed by atoms with Crippen LogP contribution in [-0.4, -0.2) is 51.7 Å². The summed E-state index contributed by atoms with van der Waals surface area (Å²) in [6, 6.07) is 13.1. The van der Waals surface area contributed by atoms with Crippen LogP contribution in [-0.2, 0) is 14.2 Å². The minimum Gasteiger partial charge on any atom is -0.491 e. The van der Waals surface area contributed by atoms with Crippen LogP contribution in [0, 0.1) is 0 Å². The fourth-order valence-electron chi connectivity index (χ4n) is 3.07. The van der Waals surface area contributed by atoms with Crippen molar-refractivity contribution in [2.75, 3.05) is 39.6 Å². The van der Waals surface area contributed by atoms with Crippen LogP contribution in [0.15, 0.2) is 42.5 Å². The monoisotopic (exact) mass is 406 g/mol. The molecule has 2 atom stereocenters. The van der Waals surface area contributed by atoms with Gasteiger partial charge in [0.05, 0.1) is 26.4 Å². The first-order chi connectivity index (χ1) is 14.0. The Bertz CT molecular complexity index is 809. The number of benzene rings is 2. The summed E-state index contributed by atoms with van der Waals surface area (Å²) in [4.78, 5) is 0. The molecule has 0 N–H and O–H groups in total. The van der Waals surface area contributed by atoms with E-state index in [0.29, 0.717) is 38.8 Å². The number of halogens is 2. The average Bonchev–Trinajstić information content (AvgIpc) is 3.57. The molecule has 4 rings (SSSR count). The Hall–Kier alpha value is -2.22. The summed E-state index contributed by atoms with van der Waals surface area (Å²) < 4.78 is 53.5. The van der Waals surface area contributed by atoms with E-state index in [1.165, 1.54) is 0 Å². The van der Waals surface area contributed by atoms with E-state index in [1.807, 2.05) is 24.3 Å². The van der Waals surface area contributed by atoms with Gasteiger partial charge in [0.1, 0.15) is 30.3 Å². The molecular weight excluding hydrogens is 382 g/mol. The summed E-state index contributed by atoms with van der Waals surface area (Å²) in [6.07, 6.45) is 0.00196. The molecule has 2 fully saturated rings. The van der Waals surface area contributed by atoms with E-state index >= 15 is 0 Å². The number of hydrogen-bond acceptors (Lipinski definition) is 5. The van der Waals surface area contributed by atoms with E-state index < -0.39 is 12.5 Å². The normalized spacial score (nSPS) is 21.6. The Morgan fingerprint density at radius 3 is 2.38 bits per heavy atom. The maximum absolute atomic E-state index is 13.0. The standard InChI is InChI=1S/C22H24F2O5/c1-22(23,24)14-29-18-4-2-15(3-5-18)16-8-17(21-13-28-21)10-19(9-16)27-12-20-11-25-6-7-26-20/h2-5,8-10,20-21H,6-7,11-14H2,1H3. The molecule has 0 radical (unpaired) electrons. The Balaban J connectivity index is 1.47. The van der Waals surface area contributed by atoms with Gasteiger partial charge in [-0.2, -0.15) is 0 Å². The van der Waals surface area contributed by atoms with Crippen molar-refractivity contribution in [2.24, 2.45) is 0 Å². The molecule has 2 unspecified atom stereocenters. The van der Waals surface area contributed by atoms with Gasteiger partial charge in [0.25, 0.3) is 5.92 Å². The van der Waals surface area contributed by atoms with Gasteiger partial charge in [-0.25, -0.2) is 8.78 Å². The number of rotatable bonds is 8. The first kappa shape index (κ1) is 20.1. The zero-order valence-electron chi connectivity index (χ0n) is 16.2. The topological polar surface area (TPSA) is 49.5 Å². The summed E-state index contributed by atoms with van der Waals surface area (Å²) in [5.74, 6) is -1.73. The van der Waals surface area contributed by atoms with Crippen LogP contribution in [0.2, 0.25) is 0 Å². The van der Waals surface area contributed by atoms with Gasteiger partial charge in [-0.15, -0.1) is 0 Å². The third kappa shape index (κ3) is 5.88. The molecule has 2 aliphatic heterocycles. The second-order valence-electron chi connectivity index (χ2n) is 7.37. The number of hydrogen-bond donors (Lipinski definition) is 0. The predicted molar refractivity (Wildman–Crippen MR) is 103 cm³/mol. The summed E-state index contributed by atoms with van der Waals surface area (Å²) in [6.45, 7) is 3.01. The Kier molecular flexibility index (Phi) is 5.99. The third-order valence-electron chi connectivity index (χ3n) is 4.63. The van der Waals surface area contributed by atoms with Gasteiger partial charge >= 0.3 is 0 Å². The van der Waals surface area contributed by atoms with Crippen LogP contribution >= 0.6 is 0 Å².